The van der Waals surface area contributed by atoms with E-state index in [1.807, 2.05) is 23.1 Å². The second kappa shape index (κ2) is 8.25. The number of nitrogens with zero attached hydrogens (tertiary/aromatic N) is 2. The number of H-pyrrole nitrogens is 1. The van der Waals surface area contributed by atoms with Crippen LogP contribution >= 0.6 is 0 Å². The first-order valence-electron chi connectivity index (χ1n) is 9.17. The molecule has 1 aliphatic rings. The fraction of sp³-hybridized carbons (Fsp3) is 0.526. The standard InChI is InChI=1S/C19H26N4O2/c1-2-12-23(14-10-11-20-13-14)18(24)9-5-8-17-21-16-7-4-3-6-15(16)19(25)22-17/h3-4,6-7,14,20H,2,5,8-13H2,1H3,(H,21,22,25). The van der Waals surface area contributed by atoms with Gasteiger partial charge in [-0.3, -0.25) is 9.59 Å². The summed E-state index contributed by atoms with van der Waals surface area (Å²) in [5.74, 6) is 0.861. The summed E-state index contributed by atoms with van der Waals surface area (Å²) < 4.78 is 0. The second-order valence-electron chi connectivity index (χ2n) is 6.62. The Morgan fingerprint density at radius 3 is 2.96 bits per heavy atom. The second-order valence-corrected chi connectivity index (χ2v) is 6.62. The molecule has 1 saturated heterocycles. The van der Waals surface area contributed by atoms with Gasteiger partial charge in [-0.15, -0.1) is 0 Å². The number of carbonyl (C=O) groups is 1. The largest absolute Gasteiger partial charge is 0.338 e. The van der Waals surface area contributed by atoms with E-state index in [1.54, 1.807) is 6.07 Å². The Bertz CT molecular complexity index is 780. The van der Waals surface area contributed by atoms with E-state index in [0.29, 0.717) is 42.0 Å². The summed E-state index contributed by atoms with van der Waals surface area (Å²) in [6.45, 7) is 4.80. The van der Waals surface area contributed by atoms with Crippen molar-refractivity contribution in [2.45, 2.75) is 45.1 Å². The molecule has 0 aliphatic carbocycles. The molecule has 3 rings (SSSR count). The molecule has 0 spiro atoms. The number of aromatic nitrogens is 2. The zero-order valence-electron chi connectivity index (χ0n) is 14.8. The molecule has 1 atom stereocenters. The lowest BCUT2D eigenvalue weighted by molar-refractivity contribution is -0.133. The topological polar surface area (TPSA) is 78.1 Å². The molecule has 2 heterocycles. The predicted molar refractivity (Wildman–Crippen MR) is 98.6 cm³/mol. The van der Waals surface area contributed by atoms with Crippen molar-refractivity contribution in [2.24, 2.45) is 0 Å². The van der Waals surface area contributed by atoms with Crippen LogP contribution in [-0.2, 0) is 11.2 Å². The Morgan fingerprint density at radius 2 is 2.20 bits per heavy atom. The molecule has 6 heteroatoms. The molecular weight excluding hydrogens is 316 g/mol. The van der Waals surface area contributed by atoms with Crippen molar-refractivity contribution >= 4 is 16.8 Å². The molecule has 6 nitrogen and oxygen atoms in total. The molecule has 2 N–H and O–H groups in total. The van der Waals surface area contributed by atoms with Gasteiger partial charge in [-0.05, 0) is 37.9 Å². The van der Waals surface area contributed by atoms with Gasteiger partial charge in [-0.1, -0.05) is 19.1 Å². The lowest BCUT2D eigenvalue weighted by Crippen LogP contribution is -2.42. The number of hydrogen-bond donors (Lipinski definition) is 2. The van der Waals surface area contributed by atoms with Gasteiger partial charge in [0.05, 0.1) is 10.9 Å². The maximum absolute atomic E-state index is 12.6. The Morgan fingerprint density at radius 1 is 1.36 bits per heavy atom. The van der Waals surface area contributed by atoms with Gasteiger partial charge in [0.25, 0.3) is 5.56 Å². The van der Waals surface area contributed by atoms with E-state index in [0.717, 1.165) is 32.5 Å². The minimum atomic E-state index is -0.114. The van der Waals surface area contributed by atoms with Gasteiger partial charge in [-0.25, -0.2) is 4.98 Å². The van der Waals surface area contributed by atoms with E-state index in [2.05, 4.69) is 22.2 Å². The zero-order valence-corrected chi connectivity index (χ0v) is 14.8. The first-order chi connectivity index (χ1) is 12.2. The van der Waals surface area contributed by atoms with E-state index >= 15 is 0 Å². The molecular formula is C19H26N4O2. The van der Waals surface area contributed by atoms with Gasteiger partial charge < -0.3 is 15.2 Å². The van der Waals surface area contributed by atoms with Gasteiger partial charge in [0.15, 0.2) is 0 Å². The number of fused-ring (bicyclic) bond motifs is 1. The SMILES string of the molecule is CCCN(C(=O)CCCc1nc2ccccc2c(=O)[nH]1)C1CCNC1. The smallest absolute Gasteiger partial charge is 0.258 e. The van der Waals surface area contributed by atoms with E-state index < -0.39 is 0 Å². The minimum Gasteiger partial charge on any atom is -0.338 e. The minimum absolute atomic E-state index is 0.114. The normalized spacial score (nSPS) is 17.1. The van der Waals surface area contributed by atoms with Crippen molar-refractivity contribution in [3.63, 3.8) is 0 Å². The fourth-order valence-corrected chi connectivity index (χ4v) is 3.46. The summed E-state index contributed by atoms with van der Waals surface area (Å²) in [5.41, 5.74) is 0.591. The number of carbonyl (C=O) groups excluding carboxylic acids is 1. The summed E-state index contributed by atoms with van der Waals surface area (Å²) in [7, 11) is 0. The Balaban J connectivity index is 1.59. The van der Waals surface area contributed by atoms with Crippen molar-refractivity contribution in [1.82, 2.24) is 20.2 Å². The molecule has 1 fully saturated rings. The monoisotopic (exact) mass is 342 g/mol. The molecule has 2 aromatic rings. The zero-order chi connectivity index (χ0) is 17.6. The highest BCUT2D eigenvalue weighted by atomic mass is 16.2. The Labute approximate surface area is 147 Å². The van der Waals surface area contributed by atoms with Gasteiger partial charge in [0, 0.05) is 32.0 Å². The predicted octanol–water partition coefficient (Wildman–Crippen LogP) is 1.85. The first kappa shape index (κ1) is 17.6. The number of nitrogens with one attached hydrogen (secondary N) is 2. The van der Waals surface area contributed by atoms with Crippen molar-refractivity contribution < 1.29 is 4.79 Å². The maximum Gasteiger partial charge on any atom is 0.258 e. The van der Waals surface area contributed by atoms with Crippen molar-refractivity contribution in [1.29, 1.82) is 0 Å². The molecule has 0 radical (unpaired) electrons. The van der Waals surface area contributed by atoms with Crippen molar-refractivity contribution in [3.05, 3.63) is 40.4 Å². The van der Waals surface area contributed by atoms with Crippen LogP contribution in [0.25, 0.3) is 10.9 Å². The number of rotatable bonds is 7. The first-order valence-corrected chi connectivity index (χ1v) is 9.17. The highest BCUT2D eigenvalue weighted by Gasteiger charge is 2.25. The molecule has 1 unspecified atom stereocenters. The van der Waals surface area contributed by atoms with E-state index in [-0.39, 0.29) is 11.5 Å². The Hall–Kier alpha value is -2.21. The average Bonchev–Trinajstić information content (AvgIpc) is 3.14. The molecule has 25 heavy (non-hydrogen) atoms. The highest BCUT2D eigenvalue weighted by molar-refractivity contribution is 5.77. The number of aryl methyl sites for hydroxylation is 1. The quantitative estimate of drug-likeness (QED) is 0.805. The maximum atomic E-state index is 12.6. The summed E-state index contributed by atoms with van der Waals surface area (Å²) >= 11 is 0. The van der Waals surface area contributed by atoms with Crippen LogP contribution in [0, 0.1) is 0 Å². The van der Waals surface area contributed by atoms with Gasteiger partial charge >= 0.3 is 0 Å². The lowest BCUT2D eigenvalue weighted by Gasteiger charge is -2.28. The van der Waals surface area contributed by atoms with Crippen molar-refractivity contribution in [3.8, 4) is 0 Å². The molecule has 1 aliphatic heterocycles. The fourth-order valence-electron chi connectivity index (χ4n) is 3.46. The number of hydrogen-bond acceptors (Lipinski definition) is 4. The van der Waals surface area contributed by atoms with E-state index in [9.17, 15) is 9.59 Å². The van der Waals surface area contributed by atoms with Crippen LogP contribution < -0.4 is 10.9 Å². The van der Waals surface area contributed by atoms with Gasteiger partial charge in [0.2, 0.25) is 5.91 Å². The summed E-state index contributed by atoms with van der Waals surface area (Å²) in [5, 5.41) is 3.93. The molecule has 0 saturated carbocycles. The van der Waals surface area contributed by atoms with Gasteiger partial charge in [-0.2, -0.15) is 0 Å². The van der Waals surface area contributed by atoms with Crippen LogP contribution in [-0.4, -0.2) is 46.5 Å². The van der Waals surface area contributed by atoms with Crippen LogP contribution in [0.5, 0.6) is 0 Å². The van der Waals surface area contributed by atoms with Crippen LogP contribution in [0.15, 0.2) is 29.1 Å². The third-order valence-electron chi connectivity index (χ3n) is 4.73. The van der Waals surface area contributed by atoms with Crippen LogP contribution in [0.2, 0.25) is 0 Å². The summed E-state index contributed by atoms with van der Waals surface area (Å²) in [6.07, 6.45) is 3.80. The lowest BCUT2D eigenvalue weighted by atomic mass is 10.1. The Kier molecular flexibility index (Phi) is 5.81. The number of benzene rings is 1. The van der Waals surface area contributed by atoms with E-state index in [1.165, 1.54) is 0 Å². The number of aromatic amines is 1. The number of amides is 1. The molecule has 1 aromatic carbocycles. The summed E-state index contributed by atoms with van der Waals surface area (Å²) in [4.78, 5) is 34.0. The molecule has 0 bridgehead atoms. The van der Waals surface area contributed by atoms with Crippen LogP contribution in [0.1, 0.15) is 38.4 Å². The third kappa shape index (κ3) is 4.25. The summed E-state index contributed by atoms with van der Waals surface area (Å²) in [6, 6.07) is 7.64. The van der Waals surface area contributed by atoms with E-state index in [4.69, 9.17) is 0 Å². The highest BCUT2D eigenvalue weighted by Crippen LogP contribution is 2.13. The number of para-hydroxylation sites is 1. The van der Waals surface area contributed by atoms with Crippen LogP contribution in [0.3, 0.4) is 0 Å². The van der Waals surface area contributed by atoms with Crippen LogP contribution in [0.4, 0.5) is 0 Å². The molecule has 134 valence electrons. The average molecular weight is 342 g/mol. The van der Waals surface area contributed by atoms with Gasteiger partial charge in [0.1, 0.15) is 5.82 Å². The molecule has 1 aromatic heterocycles. The van der Waals surface area contributed by atoms with Crippen molar-refractivity contribution in [2.75, 3.05) is 19.6 Å². The molecule has 1 amide bonds. The third-order valence-corrected chi connectivity index (χ3v) is 4.73.